The molecule has 3 nitrogen and oxygen atoms in total. The zero-order chi connectivity index (χ0) is 11.1. The van der Waals surface area contributed by atoms with Crippen LogP contribution in [-0.2, 0) is 0 Å². The van der Waals surface area contributed by atoms with Gasteiger partial charge in [0.05, 0.1) is 0 Å². The van der Waals surface area contributed by atoms with Gasteiger partial charge in [-0.05, 0) is 25.5 Å². The number of aliphatic hydroxyl groups excluding tert-OH is 1. The van der Waals surface area contributed by atoms with Crippen molar-refractivity contribution in [1.29, 1.82) is 0 Å². The van der Waals surface area contributed by atoms with E-state index in [0.29, 0.717) is 5.75 Å². The number of phenols is 1. The summed E-state index contributed by atoms with van der Waals surface area (Å²) in [7, 11) is 0. The van der Waals surface area contributed by atoms with Crippen LogP contribution in [0.4, 0.5) is 0 Å². The van der Waals surface area contributed by atoms with Crippen LogP contribution in [0.2, 0.25) is 0 Å². The largest absolute Gasteiger partial charge is 0.508 e. The third-order valence-corrected chi connectivity index (χ3v) is 2.45. The van der Waals surface area contributed by atoms with E-state index in [1.165, 1.54) is 0 Å². The average Bonchev–Trinajstić information content (AvgIpc) is 2.26. The minimum atomic E-state index is 0.165. The molecule has 0 radical (unpaired) electrons. The Morgan fingerprint density at radius 3 is 2.67 bits per heavy atom. The molecule has 15 heavy (non-hydrogen) atoms. The summed E-state index contributed by atoms with van der Waals surface area (Å²) < 4.78 is 0. The molecule has 0 heterocycles. The van der Waals surface area contributed by atoms with E-state index in [0.717, 1.165) is 24.9 Å². The first-order chi connectivity index (χ1) is 7.29. The van der Waals surface area contributed by atoms with Crippen LogP contribution in [0.15, 0.2) is 24.3 Å². The standard InChI is InChI=1S/C12H19NO2/c1-2-11(13-8-5-9-14)10-6-3-4-7-12(10)15/h3-4,6-7,11,13-15H,2,5,8-9H2,1H3/t11-/m0/s1. The Hall–Kier alpha value is -1.06. The van der Waals surface area contributed by atoms with E-state index in [-0.39, 0.29) is 12.6 Å². The lowest BCUT2D eigenvalue weighted by Gasteiger charge is -2.18. The molecular formula is C12H19NO2. The minimum absolute atomic E-state index is 0.165. The highest BCUT2D eigenvalue weighted by atomic mass is 16.3. The molecule has 0 amide bonds. The molecule has 0 aromatic heterocycles. The average molecular weight is 209 g/mol. The van der Waals surface area contributed by atoms with Crippen molar-refractivity contribution in [2.24, 2.45) is 0 Å². The van der Waals surface area contributed by atoms with E-state index < -0.39 is 0 Å². The van der Waals surface area contributed by atoms with Gasteiger partial charge in [-0.15, -0.1) is 0 Å². The summed E-state index contributed by atoms with van der Waals surface area (Å²) in [5.74, 6) is 0.334. The summed E-state index contributed by atoms with van der Waals surface area (Å²) in [6, 6.07) is 7.53. The van der Waals surface area contributed by atoms with E-state index in [1.807, 2.05) is 18.2 Å². The molecular weight excluding hydrogens is 190 g/mol. The highest BCUT2D eigenvalue weighted by Crippen LogP contribution is 2.25. The van der Waals surface area contributed by atoms with Crippen LogP contribution in [0.1, 0.15) is 31.4 Å². The van der Waals surface area contributed by atoms with Gasteiger partial charge in [0, 0.05) is 18.2 Å². The third kappa shape index (κ3) is 3.53. The topological polar surface area (TPSA) is 52.5 Å². The molecule has 3 N–H and O–H groups in total. The van der Waals surface area contributed by atoms with Crippen LogP contribution in [0, 0.1) is 0 Å². The summed E-state index contributed by atoms with van der Waals surface area (Å²) in [5.41, 5.74) is 0.929. The lowest BCUT2D eigenvalue weighted by Crippen LogP contribution is -2.22. The Morgan fingerprint density at radius 1 is 1.33 bits per heavy atom. The number of aromatic hydroxyl groups is 1. The molecule has 0 fully saturated rings. The van der Waals surface area contributed by atoms with Gasteiger partial charge in [0.25, 0.3) is 0 Å². The molecule has 3 heteroatoms. The Kier molecular flexibility index (Phi) is 5.15. The van der Waals surface area contributed by atoms with Gasteiger partial charge in [0.15, 0.2) is 0 Å². The molecule has 0 unspecified atom stereocenters. The first kappa shape index (κ1) is 12.0. The molecule has 1 aromatic rings. The molecule has 0 spiro atoms. The second-order valence-electron chi connectivity index (χ2n) is 3.55. The van der Waals surface area contributed by atoms with Gasteiger partial charge < -0.3 is 15.5 Å². The predicted octanol–water partition coefficient (Wildman–Crippen LogP) is 1.82. The monoisotopic (exact) mass is 209 g/mol. The number of rotatable bonds is 6. The Bertz CT molecular complexity index is 289. The molecule has 84 valence electrons. The Balaban J connectivity index is 2.61. The number of phenolic OH excluding ortho intramolecular Hbond substituents is 1. The number of nitrogens with one attached hydrogen (secondary N) is 1. The van der Waals surface area contributed by atoms with E-state index >= 15 is 0 Å². The fourth-order valence-corrected chi connectivity index (χ4v) is 1.61. The van der Waals surface area contributed by atoms with Gasteiger partial charge in [0.2, 0.25) is 0 Å². The normalized spacial score (nSPS) is 12.7. The fourth-order valence-electron chi connectivity index (χ4n) is 1.61. The van der Waals surface area contributed by atoms with Crippen molar-refractivity contribution in [2.45, 2.75) is 25.8 Å². The maximum atomic E-state index is 9.68. The summed E-state index contributed by atoms with van der Waals surface area (Å²) in [5, 5.41) is 21.7. The quantitative estimate of drug-likeness (QED) is 0.626. The number of aliphatic hydroxyl groups is 1. The van der Waals surface area contributed by atoms with Gasteiger partial charge in [-0.1, -0.05) is 25.1 Å². The van der Waals surface area contributed by atoms with Gasteiger partial charge in [-0.3, -0.25) is 0 Å². The zero-order valence-electron chi connectivity index (χ0n) is 9.11. The molecule has 1 rings (SSSR count). The first-order valence-electron chi connectivity index (χ1n) is 5.41. The first-order valence-corrected chi connectivity index (χ1v) is 5.41. The molecule has 1 atom stereocenters. The molecule has 0 aliphatic heterocycles. The van der Waals surface area contributed by atoms with Gasteiger partial charge in [0.1, 0.15) is 5.75 Å². The minimum Gasteiger partial charge on any atom is -0.508 e. The number of para-hydroxylation sites is 1. The van der Waals surface area contributed by atoms with Crippen molar-refractivity contribution in [1.82, 2.24) is 5.32 Å². The second-order valence-corrected chi connectivity index (χ2v) is 3.55. The van der Waals surface area contributed by atoms with Crippen LogP contribution < -0.4 is 5.32 Å². The van der Waals surface area contributed by atoms with Crippen LogP contribution in [-0.4, -0.2) is 23.4 Å². The predicted molar refractivity (Wildman–Crippen MR) is 60.8 cm³/mol. The Labute approximate surface area is 90.8 Å². The van der Waals surface area contributed by atoms with Crippen molar-refractivity contribution < 1.29 is 10.2 Å². The zero-order valence-corrected chi connectivity index (χ0v) is 9.11. The molecule has 0 aliphatic rings. The molecule has 0 bridgehead atoms. The van der Waals surface area contributed by atoms with Gasteiger partial charge in [-0.2, -0.15) is 0 Å². The third-order valence-electron chi connectivity index (χ3n) is 2.45. The molecule has 1 aromatic carbocycles. The van der Waals surface area contributed by atoms with Crippen LogP contribution >= 0.6 is 0 Å². The Morgan fingerprint density at radius 2 is 2.07 bits per heavy atom. The van der Waals surface area contributed by atoms with Gasteiger partial charge >= 0.3 is 0 Å². The maximum absolute atomic E-state index is 9.68. The van der Waals surface area contributed by atoms with Crippen molar-refractivity contribution in [3.05, 3.63) is 29.8 Å². The summed E-state index contributed by atoms with van der Waals surface area (Å²) >= 11 is 0. The van der Waals surface area contributed by atoms with Crippen molar-refractivity contribution >= 4 is 0 Å². The van der Waals surface area contributed by atoms with E-state index in [1.54, 1.807) is 6.07 Å². The van der Waals surface area contributed by atoms with E-state index in [4.69, 9.17) is 5.11 Å². The smallest absolute Gasteiger partial charge is 0.120 e. The summed E-state index contributed by atoms with van der Waals surface area (Å²) in [6.45, 7) is 3.04. The van der Waals surface area contributed by atoms with Crippen molar-refractivity contribution in [2.75, 3.05) is 13.2 Å². The molecule has 0 saturated heterocycles. The number of hydrogen-bond donors (Lipinski definition) is 3. The fraction of sp³-hybridized carbons (Fsp3) is 0.500. The van der Waals surface area contributed by atoms with Crippen molar-refractivity contribution in [3.63, 3.8) is 0 Å². The van der Waals surface area contributed by atoms with Crippen molar-refractivity contribution in [3.8, 4) is 5.75 Å². The molecule has 0 aliphatic carbocycles. The van der Waals surface area contributed by atoms with Gasteiger partial charge in [-0.25, -0.2) is 0 Å². The lowest BCUT2D eigenvalue weighted by atomic mass is 10.0. The summed E-state index contributed by atoms with van der Waals surface area (Å²) in [4.78, 5) is 0. The summed E-state index contributed by atoms with van der Waals surface area (Å²) in [6.07, 6.45) is 1.66. The second kappa shape index (κ2) is 6.43. The molecule has 0 saturated carbocycles. The van der Waals surface area contributed by atoms with E-state index in [9.17, 15) is 5.11 Å². The van der Waals surface area contributed by atoms with Crippen LogP contribution in [0.3, 0.4) is 0 Å². The SMILES string of the molecule is CC[C@H](NCCCO)c1ccccc1O. The van der Waals surface area contributed by atoms with Crippen LogP contribution in [0.5, 0.6) is 5.75 Å². The number of hydrogen-bond acceptors (Lipinski definition) is 3. The number of benzene rings is 1. The van der Waals surface area contributed by atoms with Crippen LogP contribution in [0.25, 0.3) is 0 Å². The van der Waals surface area contributed by atoms with E-state index in [2.05, 4.69) is 12.2 Å². The lowest BCUT2D eigenvalue weighted by molar-refractivity contribution is 0.282. The highest BCUT2D eigenvalue weighted by molar-refractivity contribution is 5.34. The highest BCUT2D eigenvalue weighted by Gasteiger charge is 2.11. The maximum Gasteiger partial charge on any atom is 0.120 e.